The second-order valence-electron chi connectivity index (χ2n) is 4.21. The molecule has 1 heterocycles. The molecular formula is C13H13Cl2N3O2. The van der Waals surface area contributed by atoms with Crippen LogP contribution in [0, 0.1) is 6.92 Å². The van der Waals surface area contributed by atoms with E-state index in [1.807, 2.05) is 6.92 Å². The van der Waals surface area contributed by atoms with E-state index in [1.165, 1.54) is 0 Å². The van der Waals surface area contributed by atoms with Crippen LogP contribution in [0.2, 0.25) is 10.0 Å². The van der Waals surface area contributed by atoms with E-state index in [9.17, 15) is 4.79 Å². The molecule has 0 aliphatic heterocycles. The van der Waals surface area contributed by atoms with Crippen molar-refractivity contribution in [3.63, 3.8) is 0 Å². The Morgan fingerprint density at radius 2 is 1.95 bits per heavy atom. The highest BCUT2D eigenvalue weighted by atomic mass is 35.5. The average molecular weight is 314 g/mol. The molecule has 1 aromatic carbocycles. The Balaban J connectivity index is 2.28. The fourth-order valence-electron chi connectivity index (χ4n) is 1.76. The highest BCUT2D eigenvalue weighted by molar-refractivity contribution is 6.39. The van der Waals surface area contributed by atoms with Crippen LogP contribution in [0.1, 0.15) is 28.7 Å². The number of halogens is 2. The minimum Gasteiger partial charge on any atom is -0.333 e. The molecule has 0 spiro atoms. The first-order valence-corrected chi connectivity index (χ1v) is 6.81. The van der Waals surface area contributed by atoms with Crippen LogP contribution in [0.3, 0.4) is 0 Å². The molecule has 2 rings (SSSR count). The Labute approximate surface area is 126 Å². The zero-order chi connectivity index (χ0) is 14.7. The Morgan fingerprint density at radius 1 is 1.30 bits per heavy atom. The number of amides is 1. The van der Waals surface area contributed by atoms with Gasteiger partial charge in [0.15, 0.2) is 0 Å². The van der Waals surface area contributed by atoms with Gasteiger partial charge in [-0.3, -0.25) is 4.79 Å². The Bertz CT molecular complexity index is 608. The van der Waals surface area contributed by atoms with E-state index < -0.39 is 0 Å². The summed E-state index contributed by atoms with van der Waals surface area (Å²) in [5.41, 5.74) is 1.57. The first-order chi connectivity index (χ1) is 9.54. The molecule has 20 heavy (non-hydrogen) atoms. The Hall–Kier alpha value is -1.59. The van der Waals surface area contributed by atoms with Gasteiger partial charge in [-0.15, -0.1) is 0 Å². The molecule has 5 nitrogen and oxygen atoms in total. The van der Waals surface area contributed by atoms with Gasteiger partial charge >= 0.3 is 0 Å². The lowest BCUT2D eigenvalue weighted by atomic mass is 10.2. The van der Waals surface area contributed by atoms with Crippen LogP contribution in [0.25, 0.3) is 0 Å². The summed E-state index contributed by atoms with van der Waals surface area (Å²) in [6, 6.07) is 4.97. The van der Waals surface area contributed by atoms with Gasteiger partial charge in [0.25, 0.3) is 5.91 Å². The molecule has 0 aliphatic rings. The molecule has 106 valence electrons. The summed E-state index contributed by atoms with van der Waals surface area (Å²) < 4.78 is 4.63. The first-order valence-electron chi connectivity index (χ1n) is 6.06. The molecule has 1 amide bonds. The van der Waals surface area contributed by atoms with Crippen LogP contribution in [0.5, 0.6) is 0 Å². The second-order valence-corrected chi connectivity index (χ2v) is 5.03. The molecule has 2 aromatic rings. The molecule has 0 bridgehead atoms. The van der Waals surface area contributed by atoms with E-state index in [0.29, 0.717) is 40.1 Å². The summed E-state index contributed by atoms with van der Waals surface area (Å²) in [7, 11) is 0. The topological polar surface area (TPSA) is 59.2 Å². The molecule has 0 saturated heterocycles. The Morgan fingerprint density at radius 3 is 2.45 bits per heavy atom. The smallest absolute Gasteiger partial charge is 0.257 e. The third kappa shape index (κ3) is 2.94. The maximum Gasteiger partial charge on any atom is 0.257 e. The molecule has 1 aromatic heterocycles. The maximum atomic E-state index is 12.5. The van der Waals surface area contributed by atoms with Gasteiger partial charge in [0.2, 0.25) is 0 Å². The highest BCUT2D eigenvalue weighted by Gasteiger charge is 2.22. The predicted octanol–water partition coefficient (Wildman–Crippen LogP) is 3.35. The van der Waals surface area contributed by atoms with Gasteiger partial charge in [0.05, 0.1) is 22.2 Å². The molecular weight excluding hydrogens is 301 g/mol. The summed E-state index contributed by atoms with van der Waals surface area (Å²) in [4.78, 5) is 14.1. The lowest BCUT2D eigenvalue weighted by molar-refractivity contribution is 0.0749. The Kier molecular flexibility index (Phi) is 4.62. The van der Waals surface area contributed by atoms with Crippen molar-refractivity contribution in [2.75, 3.05) is 6.54 Å². The first kappa shape index (κ1) is 14.8. The number of aromatic nitrogens is 2. The fraction of sp³-hybridized carbons (Fsp3) is 0.308. The quantitative estimate of drug-likeness (QED) is 0.868. The van der Waals surface area contributed by atoms with Crippen molar-refractivity contribution in [2.45, 2.75) is 20.4 Å². The highest BCUT2D eigenvalue weighted by Crippen LogP contribution is 2.26. The maximum absolute atomic E-state index is 12.5. The summed E-state index contributed by atoms with van der Waals surface area (Å²) in [6.45, 7) is 4.43. The van der Waals surface area contributed by atoms with Gasteiger partial charge in [-0.1, -0.05) is 39.6 Å². The van der Waals surface area contributed by atoms with Crippen molar-refractivity contribution in [3.05, 3.63) is 45.2 Å². The van der Waals surface area contributed by atoms with Crippen LogP contribution in [-0.4, -0.2) is 27.7 Å². The van der Waals surface area contributed by atoms with Crippen LogP contribution < -0.4 is 0 Å². The number of carbonyl (C=O) groups excluding carboxylic acids is 1. The van der Waals surface area contributed by atoms with Crippen LogP contribution in [0.15, 0.2) is 22.8 Å². The third-order valence-corrected chi connectivity index (χ3v) is 3.56. The summed E-state index contributed by atoms with van der Waals surface area (Å²) in [6.07, 6.45) is 0. The van der Waals surface area contributed by atoms with Crippen molar-refractivity contribution in [3.8, 4) is 0 Å². The van der Waals surface area contributed by atoms with Gasteiger partial charge < -0.3 is 4.90 Å². The third-order valence-electron chi connectivity index (χ3n) is 2.93. The van der Waals surface area contributed by atoms with Crippen molar-refractivity contribution in [2.24, 2.45) is 0 Å². The van der Waals surface area contributed by atoms with E-state index in [4.69, 9.17) is 23.2 Å². The van der Waals surface area contributed by atoms with E-state index in [0.717, 1.165) is 0 Å². The molecule has 0 N–H and O–H groups in total. The van der Waals surface area contributed by atoms with Gasteiger partial charge in [-0.2, -0.15) is 0 Å². The number of benzene rings is 1. The summed E-state index contributed by atoms with van der Waals surface area (Å²) >= 11 is 12.1. The summed E-state index contributed by atoms with van der Waals surface area (Å²) in [5.74, 6) is -0.245. The molecule has 0 fully saturated rings. The van der Waals surface area contributed by atoms with Crippen molar-refractivity contribution >= 4 is 29.1 Å². The van der Waals surface area contributed by atoms with Gasteiger partial charge in [-0.25, -0.2) is 4.63 Å². The minimum atomic E-state index is -0.245. The molecule has 7 heteroatoms. The predicted molar refractivity (Wildman–Crippen MR) is 75.9 cm³/mol. The van der Waals surface area contributed by atoms with Gasteiger partial charge in [-0.05, 0) is 26.0 Å². The minimum absolute atomic E-state index is 0.245. The monoisotopic (exact) mass is 313 g/mol. The van der Waals surface area contributed by atoms with Gasteiger partial charge in [0.1, 0.15) is 11.4 Å². The van der Waals surface area contributed by atoms with Crippen molar-refractivity contribution in [1.82, 2.24) is 15.2 Å². The second kappa shape index (κ2) is 6.24. The number of aryl methyl sites for hydroxylation is 1. The number of carbonyl (C=O) groups is 1. The molecule has 0 radical (unpaired) electrons. The number of hydrogen-bond donors (Lipinski definition) is 0. The van der Waals surface area contributed by atoms with Crippen LogP contribution in [0.4, 0.5) is 0 Å². The number of hydrogen-bond acceptors (Lipinski definition) is 4. The number of nitrogens with zero attached hydrogens (tertiary/aromatic N) is 3. The molecule has 0 aliphatic carbocycles. The fourth-order valence-corrected chi connectivity index (χ4v) is 2.32. The van der Waals surface area contributed by atoms with Crippen molar-refractivity contribution < 1.29 is 9.42 Å². The van der Waals surface area contributed by atoms with Crippen LogP contribution in [-0.2, 0) is 6.54 Å². The van der Waals surface area contributed by atoms with E-state index >= 15 is 0 Å². The molecule has 0 unspecified atom stereocenters. The van der Waals surface area contributed by atoms with E-state index in [2.05, 4.69) is 14.9 Å². The largest absolute Gasteiger partial charge is 0.333 e. The molecule has 0 saturated carbocycles. The SMILES string of the molecule is CCN(Cc1nonc1C)C(=O)c1c(Cl)cccc1Cl. The zero-order valence-corrected chi connectivity index (χ0v) is 12.6. The van der Waals surface area contributed by atoms with E-state index in [-0.39, 0.29) is 5.91 Å². The normalized spacial score (nSPS) is 10.6. The zero-order valence-electron chi connectivity index (χ0n) is 11.1. The summed E-state index contributed by atoms with van der Waals surface area (Å²) in [5, 5.41) is 8.13. The lowest BCUT2D eigenvalue weighted by Gasteiger charge is -2.20. The average Bonchev–Trinajstić information content (AvgIpc) is 2.81. The van der Waals surface area contributed by atoms with Crippen LogP contribution >= 0.6 is 23.2 Å². The number of rotatable bonds is 4. The molecule has 0 atom stereocenters. The standard InChI is InChI=1S/C13H13Cl2N3O2/c1-3-18(7-11-8(2)16-20-17-11)13(19)12-9(14)5-4-6-10(12)15/h4-6H,3,7H2,1-2H3. The lowest BCUT2D eigenvalue weighted by Crippen LogP contribution is -2.31. The van der Waals surface area contributed by atoms with Gasteiger partial charge in [0, 0.05) is 6.54 Å². The van der Waals surface area contributed by atoms with Crippen molar-refractivity contribution in [1.29, 1.82) is 0 Å². The van der Waals surface area contributed by atoms with E-state index in [1.54, 1.807) is 30.0 Å².